The Bertz CT molecular complexity index is 541. The summed E-state index contributed by atoms with van der Waals surface area (Å²) in [5, 5.41) is 6.00. The number of benzene rings is 1. The zero-order chi connectivity index (χ0) is 15.0. The van der Waals surface area contributed by atoms with Gasteiger partial charge in [-0.2, -0.15) is 0 Å². The first kappa shape index (κ1) is 14.4. The van der Waals surface area contributed by atoms with Crippen molar-refractivity contribution in [2.75, 3.05) is 13.1 Å². The number of hydrogen-bond acceptors (Lipinski definition) is 2. The Kier molecular flexibility index (Phi) is 3.89. The van der Waals surface area contributed by atoms with Crippen molar-refractivity contribution < 1.29 is 18.0 Å². The summed E-state index contributed by atoms with van der Waals surface area (Å²) in [5.41, 5.74) is -0.705. The van der Waals surface area contributed by atoms with E-state index in [0.29, 0.717) is 24.0 Å². The number of hydrogen-bond donors (Lipinski definition) is 2. The van der Waals surface area contributed by atoms with Crippen molar-refractivity contribution in [3.05, 3.63) is 35.1 Å². The van der Waals surface area contributed by atoms with Crippen LogP contribution in [0.25, 0.3) is 0 Å². The average molecular weight is 298 g/mol. The molecule has 3 rings (SSSR count). The van der Waals surface area contributed by atoms with E-state index in [2.05, 4.69) is 10.6 Å². The normalized spacial score (nSPS) is 28.2. The first-order valence-corrected chi connectivity index (χ1v) is 7.20. The predicted molar refractivity (Wildman–Crippen MR) is 71.3 cm³/mol. The van der Waals surface area contributed by atoms with Crippen LogP contribution in [0.1, 0.15) is 29.6 Å². The van der Waals surface area contributed by atoms with E-state index in [-0.39, 0.29) is 6.04 Å². The molecule has 1 aromatic rings. The van der Waals surface area contributed by atoms with E-state index in [9.17, 15) is 18.0 Å². The second-order valence-electron chi connectivity index (χ2n) is 5.91. The summed E-state index contributed by atoms with van der Waals surface area (Å²) in [6.45, 7) is 1.93. The van der Waals surface area contributed by atoms with Gasteiger partial charge in [0.15, 0.2) is 0 Å². The molecule has 2 fully saturated rings. The molecular formula is C15H17F3N2O. The van der Waals surface area contributed by atoms with Gasteiger partial charge in [-0.05, 0) is 44.2 Å². The van der Waals surface area contributed by atoms with E-state index >= 15 is 0 Å². The van der Waals surface area contributed by atoms with Crippen molar-refractivity contribution in [1.29, 1.82) is 0 Å². The van der Waals surface area contributed by atoms with Gasteiger partial charge < -0.3 is 10.6 Å². The van der Waals surface area contributed by atoms with Gasteiger partial charge in [0.25, 0.3) is 5.91 Å². The molecule has 114 valence electrons. The maximum absolute atomic E-state index is 13.6. The van der Waals surface area contributed by atoms with Gasteiger partial charge in [-0.15, -0.1) is 0 Å². The van der Waals surface area contributed by atoms with Crippen LogP contribution in [0.2, 0.25) is 0 Å². The Hall–Kier alpha value is -1.56. The molecule has 1 amide bonds. The van der Waals surface area contributed by atoms with Gasteiger partial charge in [0.2, 0.25) is 0 Å². The second kappa shape index (κ2) is 5.67. The van der Waals surface area contributed by atoms with Gasteiger partial charge in [-0.1, -0.05) is 0 Å². The summed E-state index contributed by atoms with van der Waals surface area (Å²) in [5.74, 6) is -3.02. The molecule has 6 heteroatoms. The number of amides is 1. The summed E-state index contributed by atoms with van der Waals surface area (Å²) in [6, 6.07) is 0.966. The molecule has 3 atom stereocenters. The van der Waals surface area contributed by atoms with Crippen molar-refractivity contribution in [2.24, 2.45) is 11.8 Å². The summed E-state index contributed by atoms with van der Waals surface area (Å²) in [4.78, 5) is 12.0. The standard InChI is InChI=1S/C15H17F3N2O/c16-10-4-12(17)14(13(18)5-10)15(21)20-11-2-1-8-6-19-7-9(8)3-11/h4-5,8-9,11,19H,1-3,6-7H2,(H,20,21)/t8-,9+,11?/m0/s1. The van der Waals surface area contributed by atoms with Crippen molar-refractivity contribution in [3.8, 4) is 0 Å². The SMILES string of the molecule is O=C(NC1CC[C@H]2CNC[C@H]2C1)c1c(F)cc(F)cc1F. The molecule has 1 aliphatic carbocycles. The fourth-order valence-electron chi connectivity index (χ4n) is 3.45. The first-order chi connectivity index (χ1) is 10.0. The summed E-state index contributed by atoms with van der Waals surface area (Å²) >= 11 is 0. The van der Waals surface area contributed by atoms with Crippen LogP contribution < -0.4 is 10.6 Å². The summed E-state index contributed by atoms with van der Waals surface area (Å²) in [7, 11) is 0. The highest BCUT2D eigenvalue weighted by Crippen LogP contribution is 2.32. The van der Waals surface area contributed by atoms with Crippen LogP contribution in [0.15, 0.2) is 12.1 Å². The second-order valence-corrected chi connectivity index (χ2v) is 5.91. The zero-order valence-electron chi connectivity index (χ0n) is 11.5. The lowest BCUT2D eigenvalue weighted by atomic mass is 9.79. The third-order valence-corrected chi connectivity index (χ3v) is 4.52. The largest absolute Gasteiger partial charge is 0.349 e. The predicted octanol–water partition coefficient (Wildman–Crippen LogP) is 2.22. The molecule has 1 saturated heterocycles. The summed E-state index contributed by atoms with van der Waals surface area (Å²) in [6.07, 6.45) is 2.61. The smallest absolute Gasteiger partial charge is 0.257 e. The van der Waals surface area contributed by atoms with E-state index in [1.807, 2.05) is 0 Å². The molecule has 2 N–H and O–H groups in total. The number of halogens is 3. The number of rotatable bonds is 2. The fourth-order valence-corrected chi connectivity index (χ4v) is 3.45. The molecule has 1 aromatic carbocycles. The highest BCUT2D eigenvalue weighted by molar-refractivity contribution is 5.94. The topological polar surface area (TPSA) is 41.1 Å². The van der Waals surface area contributed by atoms with Crippen molar-refractivity contribution in [1.82, 2.24) is 10.6 Å². The summed E-state index contributed by atoms with van der Waals surface area (Å²) < 4.78 is 40.0. The van der Waals surface area contributed by atoms with Gasteiger partial charge in [-0.25, -0.2) is 13.2 Å². The number of carbonyl (C=O) groups excluding carboxylic acids is 1. The lowest BCUT2D eigenvalue weighted by Gasteiger charge is -2.31. The Morgan fingerprint density at radius 3 is 2.48 bits per heavy atom. The lowest BCUT2D eigenvalue weighted by molar-refractivity contribution is 0.0905. The quantitative estimate of drug-likeness (QED) is 0.879. The molecule has 1 unspecified atom stereocenters. The van der Waals surface area contributed by atoms with E-state index in [1.54, 1.807) is 0 Å². The van der Waals surface area contributed by atoms with Crippen molar-refractivity contribution in [3.63, 3.8) is 0 Å². The Morgan fingerprint density at radius 1 is 1.10 bits per heavy atom. The molecule has 21 heavy (non-hydrogen) atoms. The van der Waals surface area contributed by atoms with Crippen LogP contribution in [0.3, 0.4) is 0 Å². The maximum Gasteiger partial charge on any atom is 0.257 e. The van der Waals surface area contributed by atoms with E-state index < -0.39 is 28.9 Å². The third kappa shape index (κ3) is 2.90. The monoisotopic (exact) mass is 298 g/mol. The van der Waals surface area contributed by atoms with Crippen LogP contribution in [0.5, 0.6) is 0 Å². The van der Waals surface area contributed by atoms with Gasteiger partial charge in [0.05, 0.1) is 0 Å². The van der Waals surface area contributed by atoms with Crippen LogP contribution in [-0.4, -0.2) is 25.0 Å². The highest BCUT2D eigenvalue weighted by atomic mass is 19.1. The van der Waals surface area contributed by atoms with Crippen molar-refractivity contribution in [2.45, 2.75) is 25.3 Å². The lowest BCUT2D eigenvalue weighted by Crippen LogP contribution is -2.41. The third-order valence-electron chi connectivity index (χ3n) is 4.52. The molecule has 3 nitrogen and oxygen atoms in total. The molecule has 0 aromatic heterocycles. The van der Waals surface area contributed by atoms with Crippen LogP contribution in [-0.2, 0) is 0 Å². The van der Waals surface area contributed by atoms with E-state index in [0.717, 1.165) is 32.4 Å². The highest BCUT2D eigenvalue weighted by Gasteiger charge is 2.34. The molecule has 2 aliphatic rings. The zero-order valence-corrected chi connectivity index (χ0v) is 11.5. The average Bonchev–Trinajstić information content (AvgIpc) is 2.84. The number of fused-ring (bicyclic) bond motifs is 1. The molecule has 1 saturated carbocycles. The van der Waals surface area contributed by atoms with Crippen molar-refractivity contribution >= 4 is 5.91 Å². The maximum atomic E-state index is 13.6. The fraction of sp³-hybridized carbons (Fsp3) is 0.533. The van der Waals surface area contributed by atoms with Gasteiger partial charge in [-0.3, -0.25) is 4.79 Å². The van der Waals surface area contributed by atoms with E-state index in [1.165, 1.54) is 0 Å². The number of carbonyl (C=O) groups is 1. The van der Waals surface area contributed by atoms with Crippen LogP contribution in [0, 0.1) is 29.3 Å². The minimum Gasteiger partial charge on any atom is -0.349 e. The molecule has 0 radical (unpaired) electrons. The minimum atomic E-state index is -1.17. The molecule has 1 aliphatic heterocycles. The van der Waals surface area contributed by atoms with Gasteiger partial charge in [0, 0.05) is 18.2 Å². The molecule has 0 spiro atoms. The van der Waals surface area contributed by atoms with Crippen LogP contribution in [0.4, 0.5) is 13.2 Å². The van der Waals surface area contributed by atoms with Crippen LogP contribution >= 0.6 is 0 Å². The van der Waals surface area contributed by atoms with Gasteiger partial charge >= 0.3 is 0 Å². The molecular weight excluding hydrogens is 281 g/mol. The Morgan fingerprint density at radius 2 is 1.76 bits per heavy atom. The molecule has 1 heterocycles. The number of nitrogens with one attached hydrogen (secondary N) is 2. The molecule has 0 bridgehead atoms. The van der Waals surface area contributed by atoms with Gasteiger partial charge in [0.1, 0.15) is 23.0 Å². The minimum absolute atomic E-state index is 0.0810. The van der Waals surface area contributed by atoms with E-state index in [4.69, 9.17) is 0 Å². The first-order valence-electron chi connectivity index (χ1n) is 7.20. The Balaban J connectivity index is 1.69. The Labute approximate surface area is 120 Å².